The zero-order chi connectivity index (χ0) is 25.4. The number of rotatable bonds is 5. The van der Waals surface area contributed by atoms with Crippen LogP contribution in [0.25, 0.3) is 17.2 Å². The number of carbonyl (C=O) groups excluding carboxylic acids is 1. The molecule has 192 valence electrons. The molecule has 6 atom stereocenters. The first-order valence-electron chi connectivity index (χ1n) is 13.3. The molecule has 5 nitrogen and oxygen atoms in total. The Morgan fingerprint density at radius 3 is 2.58 bits per heavy atom. The molecule has 3 fully saturated rings. The molecule has 2 saturated heterocycles. The van der Waals surface area contributed by atoms with Crippen molar-refractivity contribution in [2.45, 2.75) is 33.3 Å². The van der Waals surface area contributed by atoms with E-state index in [1.165, 1.54) is 12.1 Å². The predicted octanol–water partition coefficient (Wildman–Crippen LogP) is 4.99. The van der Waals surface area contributed by atoms with Crippen molar-refractivity contribution in [3.63, 3.8) is 0 Å². The van der Waals surface area contributed by atoms with Gasteiger partial charge in [-0.2, -0.15) is 0 Å². The Kier molecular flexibility index (Phi) is 7.01. The van der Waals surface area contributed by atoms with Crippen molar-refractivity contribution in [3.05, 3.63) is 60.2 Å². The van der Waals surface area contributed by atoms with Gasteiger partial charge in [0, 0.05) is 50.4 Å². The van der Waals surface area contributed by atoms with E-state index in [1.54, 1.807) is 12.3 Å². The lowest BCUT2D eigenvalue weighted by atomic mass is 9.54. The van der Waals surface area contributed by atoms with Gasteiger partial charge in [-0.1, -0.05) is 38.1 Å². The highest BCUT2D eigenvalue weighted by Gasteiger charge is 2.62. The molecule has 5 unspecified atom stereocenters. The summed E-state index contributed by atoms with van der Waals surface area (Å²) in [6.45, 7) is 11.5. The van der Waals surface area contributed by atoms with E-state index in [9.17, 15) is 9.18 Å². The van der Waals surface area contributed by atoms with Crippen LogP contribution in [0.3, 0.4) is 0 Å². The summed E-state index contributed by atoms with van der Waals surface area (Å²) in [5.74, 6) is 0.985. The topological polar surface area (TPSA) is 45.7 Å². The molecule has 0 amide bonds. The molecular weight excluding hydrogens is 453 g/mol. The highest BCUT2D eigenvalue weighted by atomic mass is 19.1. The van der Waals surface area contributed by atoms with Crippen LogP contribution in [0, 0.1) is 34.9 Å². The van der Waals surface area contributed by atoms with Crippen molar-refractivity contribution >= 4 is 12.0 Å². The molecule has 3 heterocycles. The van der Waals surface area contributed by atoms with Crippen LogP contribution in [0.1, 0.15) is 32.9 Å². The van der Waals surface area contributed by atoms with Gasteiger partial charge in [0.05, 0.1) is 11.1 Å². The normalized spacial score (nSPS) is 33.6. The zero-order valence-electron chi connectivity index (χ0n) is 21.9. The molecule has 3 aliphatic rings. The maximum atomic E-state index is 13.6. The minimum absolute atomic E-state index is 0.00588. The number of hydrogen-bond acceptors (Lipinski definition) is 5. The Morgan fingerprint density at radius 2 is 1.89 bits per heavy atom. The number of halogens is 1. The van der Waals surface area contributed by atoms with Crippen LogP contribution < -0.4 is 0 Å². The third-order valence-electron chi connectivity index (χ3n) is 8.98. The molecule has 0 radical (unpaired) electrons. The number of cyclic esters (lactones) is 1. The van der Waals surface area contributed by atoms with Gasteiger partial charge in [-0.3, -0.25) is 14.7 Å². The van der Waals surface area contributed by atoms with E-state index in [4.69, 9.17) is 4.74 Å². The lowest BCUT2D eigenvalue weighted by molar-refractivity contribution is -0.152. The van der Waals surface area contributed by atoms with E-state index in [0.29, 0.717) is 11.8 Å². The highest BCUT2D eigenvalue weighted by molar-refractivity contribution is 5.80. The van der Waals surface area contributed by atoms with E-state index in [-0.39, 0.29) is 29.7 Å². The molecule has 1 saturated carbocycles. The van der Waals surface area contributed by atoms with Gasteiger partial charge in [0.15, 0.2) is 0 Å². The van der Waals surface area contributed by atoms with Crippen molar-refractivity contribution in [1.82, 2.24) is 14.8 Å². The maximum Gasteiger partial charge on any atom is 0.314 e. The summed E-state index contributed by atoms with van der Waals surface area (Å²) in [7, 11) is 2.16. The molecule has 2 aliphatic heterocycles. The molecule has 0 bridgehead atoms. The first-order chi connectivity index (χ1) is 17.3. The smallest absolute Gasteiger partial charge is 0.314 e. The average molecular weight is 492 g/mol. The quantitative estimate of drug-likeness (QED) is 0.552. The first kappa shape index (κ1) is 25.1. The Labute approximate surface area is 214 Å². The number of fused-ring (bicyclic) bond motifs is 1. The van der Waals surface area contributed by atoms with Gasteiger partial charge in [-0.15, -0.1) is 0 Å². The van der Waals surface area contributed by atoms with E-state index in [0.717, 1.165) is 56.0 Å². The highest BCUT2D eigenvalue weighted by Crippen LogP contribution is 2.56. The number of allylic oxidation sites excluding steroid dienone is 1. The van der Waals surface area contributed by atoms with Gasteiger partial charge in [0.25, 0.3) is 0 Å². The summed E-state index contributed by atoms with van der Waals surface area (Å²) in [5, 5.41) is 0. The molecule has 2 aromatic rings. The molecule has 5 rings (SSSR count). The largest absolute Gasteiger partial charge is 0.462 e. The number of carbonyl (C=O) groups is 1. The van der Waals surface area contributed by atoms with Crippen molar-refractivity contribution in [2.24, 2.45) is 29.1 Å². The van der Waals surface area contributed by atoms with Gasteiger partial charge in [0.2, 0.25) is 0 Å². The van der Waals surface area contributed by atoms with Gasteiger partial charge in [0.1, 0.15) is 11.9 Å². The van der Waals surface area contributed by atoms with Crippen LogP contribution in [-0.4, -0.2) is 66.6 Å². The average Bonchev–Trinajstić information content (AvgIpc) is 3.10. The van der Waals surface area contributed by atoms with Gasteiger partial charge < -0.3 is 9.64 Å². The lowest BCUT2D eigenvalue weighted by Crippen LogP contribution is -2.56. The molecule has 0 N–H and O–H groups in total. The molecule has 6 heteroatoms. The molecule has 1 aliphatic carbocycles. The van der Waals surface area contributed by atoms with Gasteiger partial charge in [-0.05, 0) is 68.0 Å². The SMILES string of the molecule is CC1C[C@@]2(CN3CCN(C)CC3)C(=O)OC(C)C2C(/C=C/c2ccc(-c3cccc(F)c3)cn2)C1C. The predicted molar refractivity (Wildman–Crippen MR) is 141 cm³/mol. The van der Waals surface area contributed by atoms with E-state index >= 15 is 0 Å². The fraction of sp³-hybridized carbons (Fsp3) is 0.533. The number of esters is 1. The number of piperazine rings is 1. The Hall–Kier alpha value is -2.57. The van der Waals surface area contributed by atoms with Crippen molar-refractivity contribution < 1.29 is 13.9 Å². The second kappa shape index (κ2) is 10.1. The number of pyridine rings is 1. The summed E-state index contributed by atoms with van der Waals surface area (Å²) in [4.78, 5) is 22.9. The second-order valence-corrected chi connectivity index (χ2v) is 11.3. The number of nitrogens with zero attached hydrogens (tertiary/aromatic N) is 3. The van der Waals surface area contributed by atoms with Crippen molar-refractivity contribution in [1.29, 1.82) is 0 Å². The lowest BCUT2D eigenvalue weighted by Gasteiger charge is -2.49. The van der Waals surface area contributed by atoms with Crippen LogP contribution in [0.5, 0.6) is 0 Å². The van der Waals surface area contributed by atoms with Gasteiger partial charge in [-0.25, -0.2) is 4.39 Å². The van der Waals surface area contributed by atoms with Crippen LogP contribution in [0.2, 0.25) is 0 Å². The van der Waals surface area contributed by atoms with Gasteiger partial charge >= 0.3 is 5.97 Å². The van der Waals surface area contributed by atoms with Crippen molar-refractivity contribution in [2.75, 3.05) is 39.8 Å². The molecule has 1 aromatic carbocycles. The monoisotopic (exact) mass is 491 g/mol. The number of aromatic nitrogens is 1. The fourth-order valence-electron chi connectivity index (χ4n) is 6.80. The standard InChI is InChI=1S/C30H38FN3O2/c1-20-17-30(19-34-14-12-33(4)13-15-34)28(22(3)36-29(30)35)27(21(20)2)11-10-26-9-8-24(18-32-26)23-6-5-7-25(31)16-23/h5-11,16,18,20-22,27-28H,12-15,17,19H2,1-4H3/b11-10+/t20?,21?,22?,27?,28?,30-/m0/s1. The summed E-state index contributed by atoms with van der Waals surface area (Å²) in [6, 6.07) is 10.5. The number of ether oxygens (including phenoxy) is 1. The third kappa shape index (κ3) is 4.73. The Bertz CT molecular complexity index is 1110. The number of hydrogen-bond donors (Lipinski definition) is 0. The minimum Gasteiger partial charge on any atom is -0.462 e. The van der Waals surface area contributed by atoms with Crippen LogP contribution in [-0.2, 0) is 9.53 Å². The zero-order valence-corrected chi connectivity index (χ0v) is 21.9. The molecule has 0 spiro atoms. The molecular formula is C30H38FN3O2. The Balaban J connectivity index is 1.39. The van der Waals surface area contributed by atoms with Crippen molar-refractivity contribution in [3.8, 4) is 11.1 Å². The fourth-order valence-corrected chi connectivity index (χ4v) is 6.80. The van der Waals surface area contributed by atoms with Crippen LogP contribution >= 0.6 is 0 Å². The first-order valence-corrected chi connectivity index (χ1v) is 13.3. The molecule has 36 heavy (non-hydrogen) atoms. The second-order valence-electron chi connectivity index (χ2n) is 11.3. The number of likely N-dealkylation sites (N-methyl/N-ethyl adjacent to an activating group) is 1. The summed E-state index contributed by atoms with van der Waals surface area (Å²) >= 11 is 0. The van der Waals surface area contributed by atoms with E-state index in [1.807, 2.05) is 18.2 Å². The number of benzene rings is 1. The Morgan fingerprint density at radius 1 is 1.11 bits per heavy atom. The summed E-state index contributed by atoms with van der Waals surface area (Å²) in [6.07, 6.45) is 6.94. The van der Waals surface area contributed by atoms with E-state index in [2.05, 4.69) is 54.8 Å². The van der Waals surface area contributed by atoms with Crippen LogP contribution in [0.4, 0.5) is 4.39 Å². The summed E-state index contributed by atoms with van der Waals surface area (Å²) < 4.78 is 19.6. The van der Waals surface area contributed by atoms with E-state index < -0.39 is 5.41 Å². The third-order valence-corrected chi connectivity index (χ3v) is 8.98. The van der Waals surface area contributed by atoms with Crippen LogP contribution in [0.15, 0.2) is 48.7 Å². The minimum atomic E-state index is -0.453. The summed E-state index contributed by atoms with van der Waals surface area (Å²) in [5.41, 5.74) is 2.12. The molecule has 1 aromatic heterocycles. The maximum absolute atomic E-state index is 13.6.